The van der Waals surface area contributed by atoms with Gasteiger partial charge in [-0.25, -0.2) is 9.18 Å². The first-order valence-electron chi connectivity index (χ1n) is 8.49. The molecule has 0 N–H and O–H groups in total. The Bertz CT molecular complexity index is 985. The average Bonchev–Trinajstić information content (AvgIpc) is 2.60. The molecular weight excluding hydrogens is 353 g/mol. The highest BCUT2D eigenvalue weighted by Gasteiger charge is 2.26. The maximum Gasteiger partial charge on any atom is 0.340 e. The lowest BCUT2D eigenvalue weighted by Gasteiger charge is -2.19. The largest absolute Gasteiger partial charge is 0.462 e. The van der Waals surface area contributed by atoms with Crippen LogP contribution in [0.5, 0.6) is 0 Å². The predicted octanol–water partition coefficient (Wildman–Crippen LogP) is 5.99. The number of hydrogen-bond acceptors (Lipinski definition) is 3. The summed E-state index contributed by atoms with van der Waals surface area (Å²) in [7, 11) is 0. The van der Waals surface area contributed by atoms with Crippen molar-refractivity contribution in [2.75, 3.05) is 6.61 Å². The lowest BCUT2D eigenvalue weighted by molar-refractivity contribution is 0.0525. The number of benzene rings is 2. The molecule has 3 rings (SSSR count). The van der Waals surface area contributed by atoms with Gasteiger partial charge >= 0.3 is 5.97 Å². The first kappa shape index (κ1) is 18.3. The van der Waals surface area contributed by atoms with Crippen LogP contribution < -0.4 is 0 Å². The molecule has 0 aliphatic heterocycles. The third kappa shape index (κ3) is 3.29. The van der Waals surface area contributed by atoms with Crippen molar-refractivity contribution in [2.24, 2.45) is 0 Å². The van der Waals surface area contributed by atoms with Crippen molar-refractivity contribution < 1.29 is 13.9 Å². The molecule has 26 heavy (non-hydrogen) atoms. The van der Waals surface area contributed by atoms with Gasteiger partial charge in [-0.15, -0.1) is 0 Å². The fourth-order valence-electron chi connectivity index (χ4n) is 3.03. The van der Waals surface area contributed by atoms with Crippen LogP contribution in [0.15, 0.2) is 42.5 Å². The van der Waals surface area contributed by atoms with Crippen LogP contribution in [-0.4, -0.2) is 17.6 Å². The highest BCUT2D eigenvalue weighted by molar-refractivity contribution is 6.31. The third-order valence-electron chi connectivity index (χ3n) is 4.15. The third-order valence-corrected chi connectivity index (χ3v) is 4.38. The number of esters is 1. The number of fused-ring (bicyclic) bond motifs is 1. The van der Waals surface area contributed by atoms with Gasteiger partial charge in [0.1, 0.15) is 5.82 Å². The number of ether oxygens (including phenoxy) is 1. The number of nitrogens with zero attached hydrogens (tertiary/aromatic N) is 1. The van der Waals surface area contributed by atoms with Crippen LogP contribution in [0.25, 0.3) is 22.0 Å². The number of carbonyl (C=O) groups excluding carboxylic acids is 1. The fourth-order valence-corrected chi connectivity index (χ4v) is 3.19. The van der Waals surface area contributed by atoms with Crippen LogP contribution in [0, 0.1) is 5.82 Å². The molecule has 1 heterocycles. The summed E-state index contributed by atoms with van der Waals surface area (Å²) in [5.41, 5.74) is 2.32. The summed E-state index contributed by atoms with van der Waals surface area (Å²) in [4.78, 5) is 17.4. The molecule has 0 saturated carbocycles. The maximum absolute atomic E-state index is 14.6. The molecule has 0 spiro atoms. The Kier molecular flexibility index (Phi) is 5.23. The van der Waals surface area contributed by atoms with Gasteiger partial charge < -0.3 is 4.74 Å². The monoisotopic (exact) mass is 371 g/mol. The van der Waals surface area contributed by atoms with Gasteiger partial charge in [-0.1, -0.05) is 49.7 Å². The van der Waals surface area contributed by atoms with Gasteiger partial charge in [-0.3, -0.25) is 4.98 Å². The summed E-state index contributed by atoms with van der Waals surface area (Å²) in [5, 5.41) is 1.19. The molecule has 3 aromatic rings. The van der Waals surface area contributed by atoms with Gasteiger partial charge in [0.05, 0.1) is 23.4 Å². The number of rotatable bonds is 4. The molecular formula is C21H19ClFNO2. The second-order valence-corrected chi connectivity index (χ2v) is 6.70. The van der Waals surface area contributed by atoms with E-state index in [0.29, 0.717) is 38.3 Å². The number of hydrogen-bond donors (Lipinski definition) is 0. The predicted molar refractivity (Wildman–Crippen MR) is 102 cm³/mol. The number of pyridine rings is 1. The van der Waals surface area contributed by atoms with Gasteiger partial charge in [0.15, 0.2) is 0 Å². The SMILES string of the molecule is CCOC(=O)c1c(C(C)C)nc2cc(Cl)ccc2c1-c1ccccc1F. The van der Waals surface area contributed by atoms with E-state index in [4.69, 9.17) is 16.3 Å². The van der Waals surface area contributed by atoms with Crippen molar-refractivity contribution >= 4 is 28.5 Å². The average molecular weight is 372 g/mol. The molecule has 0 bridgehead atoms. The molecule has 2 aromatic carbocycles. The molecule has 0 aliphatic carbocycles. The fraction of sp³-hybridized carbons (Fsp3) is 0.238. The maximum atomic E-state index is 14.6. The van der Waals surface area contributed by atoms with Crippen LogP contribution in [0.3, 0.4) is 0 Å². The summed E-state index contributed by atoms with van der Waals surface area (Å²) in [5.74, 6) is -0.961. The van der Waals surface area contributed by atoms with Gasteiger partial charge in [0.25, 0.3) is 0 Å². The van der Waals surface area contributed by atoms with Crippen molar-refractivity contribution in [3.8, 4) is 11.1 Å². The molecule has 0 radical (unpaired) electrons. The Balaban J connectivity index is 2.49. The molecule has 0 unspecified atom stereocenters. The number of carbonyl (C=O) groups is 1. The molecule has 134 valence electrons. The van der Waals surface area contributed by atoms with Crippen molar-refractivity contribution in [1.82, 2.24) is 4.98 Å². The quantitative estimate of drug-likeness (QED) is 0.528. The molecule has 0 atom stereocenters. The molecule has 3 nitrogen and oxygen atoms in total. The number of halogens is 2. The van der Waals surface area contributed by atoms with E-state index in [2.05, 4.69) is 4.98 Å². The van der Waals surface area contributed by atoms with E-state index < -0.39 is 11.8 Å². The van der Waals surface area contributed by atoms with Crippen LogP contribution >= 0.6 is 11.6 Å². The van der Waals surface area contributed by atoms with Gasteiger partial charge in [-0.05, 0) is 31.0 Å². The van der Waals surface area contributed by atoms with Gasteiger partial charge in [0.2, 0.25) is 0 Å². The van der Waals surface area contributed by atoms with E-state index in [1.54, 1.807) is 43.3 Å². The van der Waals surface area contributed by atoms with Crippen molar-refractivity contribution in [2.45, 2.75) is 26.7 Å². The molecule has 1 aromatic heterocycles. The Labute approximate surface area is 156 Å². The van der Waals surface area contributed by atoms with Crippen molar-refractivity contribution in [1.29, 1.82) is 0 Å². The Hall–Kier alpha value is -2.46. The van der Waals surface area contributed by atoms with Crippen molar-refractivity contribution in [3.63, 3.8) is 0 Å². The summed E-state index contributed by atoms with van der Waals surface area (Å²) < 4.78 is 19.9. The highest BCUT2D eigenvalue weighted by atomic mass is 35.5. The second kappa shape index (κ2) is 7.42. The van der Waals surface area contributed by atoms with Gasteiger partial charge in [0, 0.05) is 21.5 Å². The second-order valence-electron chi connectivity index (χ2n) is 6.26. The molecule has 5 heteroatoms. The minimum Gasteiger partial charge on any atom is -0.462 e. The van der Waals surface area contributed by atoms with Crippen molar-refractivity contribution in [3.05, 3.63) is 64.6 Å². The van der Waals surface area contributed by atoms with E-state index in [9.17, 15) is 9.18 Å². The summed E-state index contributed by atoms with van der Waals surface area (Å²) >= 11 is 6.13. The highest BCUT2D eigenvalue weighted by Crippen LogP contribution is 2.38. The van der Waals surface area contributed by atoms with E-state index in [1.165, 1.54) is 6.07 Å². The van der Waals surface area contributed by atoms with Gasteiger partial charge in [-0.2, -0.15) is 0 Å². The topological polar surface area (TPSA) is 39.2 Å². The Morgan fingerprint density at radius 3 is 2.62 bits per heavy atom. The minimum atomic E-state index is -0.501. The van der Waals surface area contributed by atoms with E-state index in [1.807, 2.05) is 13.8 Å². The summed E-state index contributed by atoms with van der Waals surface area (Å²) in [6.45, 7) is 5.84. The smallest absolute Gasteiger partial charge is 0.340 e. The zero-order chi connectivity index (χ0) is 18.8. The van der Waals surface area contributed by atoms with E-state index in [0.717, 1.165) is 0 Å². The van der Waals surface area contributed by atoms with Crippen LogP contribution in [0.4, 0.5) is 4.39 Å². The Morgan fingerprint density at radius 1 is 1.23 bits per heavy atom. The summed E-state index contributed by atoms with van der Waals surface area (Å²) in [6, 6.07) is 11.6. The Morgan fingerprint density at radius 2 is 1.96 bits per heavy atom. The lowest BCUT2D eigenvalue weighted by atomic mass is 9.90. The minimum absolute atomic E-state index is 0.0525. The van der Waals surface area contributed by atoms with E-state index in [-0.39, 0.29) is 12.5 Å². The molecule has 0 amide bonds. The van der Waals surface area contributed by atoms with E-state index >= 15 is 0 Å². The van der Waals surface area contributed by atoms with Crippen LogP contribution in [-0.2, 0) is 4.74 Å². The first-order valence-corrected chi connectivity index (χ1v) is 8.87. The normalized spacial score (nSPS) is 11.2. The first-order chi connectivity index (χ1) is 12.4. The molecule has 0 fully saturated rings. The summed E-state index contributed by atoms with van der Waals surface area (Å²) in [6.07, 6.45) is 0. The number of aromatic nitrogens is 1. The van der Waals surface area contributed by atoms with Crippen LogP contribution in [0.2, 0.25) is 5.02 Å². The lowest BCUT2D eigenvalue weighted by Crippen LogP contribution is -2.14. The standard InChI is InChI=1S/C21H19ClFNO2/c1-4-26-21(25)19-18(14-7-5-6-8-16(14)23)15-10-9-13(22)11-17(15)24-20(19)12(2)3/h5-12H,4H2,1-3H3. The zero-order valence-corrected chi connectivity index (χ0v) is 15.6. The molecule has 0 saturated heterocycles. The van der Waals surface area contributed by atoms with Crippen LogP contribution in [0.1, 0.15) is 42.7 Å². The zero-order valence-electron chi connectivity index (χ0n) is 14.8. The molecule has 0 aliphatic rings.